The summed E-state index contributed by atoms with van der Waals surface area (Å²) in [6.45, 7) is 0. The zero-order chi connectivity index (χ0) is 22.0. The molecule has 0 bridgehead atoms. The van der Waals surface area contributed by atoms with E-state index in [-0.39, 0.29) is 41.8 Å². The van der Waals surface area contributed by atoms with E-state index in [0.29, 0.717) is 21.6 Å². The van der Waals surface area contributed by atoms with E-state index in [4.69, 9.17) is 0 Å². The SMILES string of the molecule is O=C(Nc1nnc(SCc2ccc(F)cc2)s1)C1=NN(C2CCS(=O)(=O)C2)C(=O)CC1. The van der Waals surface area contributed by atoms with E-state index in [9.17, 15) is 22.4 Å². The summed E-state index contributed by atoms with van der Waals surface area (Å²) in [4.78, 5) is 24.8. The first-order valence-corrected chi connectivity index (χ1v) is 13.0. The van der Waals surface area contributed by atoms with Crippen molar-refractivity contribution in [2.45, 2.75) is 35.4 Å². The maximum atomic E-state index is 13.0. The lowest BCUT2D eigenvalue weighted by atomic mass is 10.1. The van der Waals surface area contributed by atoms with Crippen LogP contribution in [0.4, 0.5) is 9.52 Å². The predicted molar refractivity (Wildman–Crippen MR) is 115 cm³/mol. The van der Waals surface area contributed by atoms with Gasteiger partial charge >= 0.3 is 0 Å². The molecule has 2 amide bonds. The number of hydrazone groups is 1. The standard InChI is InChI=1S/C18H18FN5O4S3/c19-12-3-1-11(2-4-12)9-29-18-22-21-17(30-18)20-16(26)14-5-6-15(25)24(23-14)13-7-8-31(27,28)10-13/h1-4,13H,5-10H2,(H,20,21,26). The lowest BCUT2D eigenvalue weighted by Gasteiger charge is -2.27. The largest absolute Gasteiger partial charge is 0.295 e. The van der Waals surface area contributed by atoms with Crippen LogP contribution in [0.2, 0.25) is 0 Å². The summed E-state index contributed by atoms with van der Waals surface area (Å²) in [5.74, 6) is -0.616. The number of rotatable bonds is 6. The Bertz CT molecular complexity index is 1130. The minimum absolute atomic E-state index is 0.0155. The Hall–Kier alpha value is -2.38. The number of aromatic nitrogens is 2. The van der Waals surface area contributed by atoms with E-state index in [1.807, 2.05) is 0 Å². The van der Waals surface area contributed by atoms with Crippen LogP contribution in [0.15, 0.2) is 33.7 Å². The summed E-state index contributed by atoms with van der Waals surface area (Å²) >= 11 is 2.61. The Morgan fingerprint density at radius 2 is 2.03 bits per heavy atom. The quantitative estimate of drug-likeness (QED) is 0.493. The van der Waals surface area contributed by atoms with E-state index in [1.54, 1.807) is 12.1 Å². The molecule has 1 N–H and O–H groups in total. The molecule has 2 aromatic rings. The van der Waals surface area contributed by atoms with E-state index < -0.39 is 21.8 Å². The van der Waals surface area contributed by atoms with Gasteiger partial charge in [-0.05, 0) is 24.1 Å². The van der Waals surface area contributed by atoms with Gasteiger partial charge in [0.25, 0.3) is 5.91 Å². The Kier molecular flexibility index (Phi) is 6.34. The molecule has 13 heteroatoms. The molecule has 2 aliphatic heterocycles. The van der Waals surface area contributed by atoms with Crippen LogP contribution in [0.25, 0.3) is 0 Å². The van der Waals surface area contributed by atoms with E-state index in [0.717, 1.165) is 10.6 Å². The summed E-state index contributed by atoms with van der Waals surface area (Å²) in [7, 11) is -3.18. The van der Waals surface area contributed by atoms with Gasteiger partial charge in [-0.1, -0.05) is 35.2 Å². The fraction of sp³-hybridized carbons (Fsp3) is 0.389. The van der Waals surface area contributed by atoms with Gasteiger partial charge in [0.15, 0.2) is 14.2 Å². The Morgan fingerprint density at radius 1 is 1.26 bits per heavy atom. The van der Waals surface area contributed by atoms with Crippen LogP contribution < -0.4 is 5.32 Å². The first-order chi connectivity index (χ1) is 14.8. The molecule has 0 radical (unpaired) electrons. The lowest BCUT2D eigenvalue weighted by Crippen LogP contribution is -2.42. The molecular weight excluding hydrogens is 465 g/mol. The molecule has 1 unspecified atom stereocenters. The van der Waals surface area contributed by atoms with Gasteiger partial charge in [-0.3, -0.25) is 14.9 Å². The molecular formula is C18H18FN5O4S3. The van der Waals surface area contributed by atoms with Gasteiger partial charge in [0.1, 0.15) is 11.5 Å². The van der Waals surface area contributed by atoms with Crippen molar-refractivity contribution in [2.24, 2.45) is 5.10 Å². The van der Waals surface area contributed by atoms with Gasteiger partial charge in [-0.15, -0.1) is 10.2 Å². The highest BCUT2D eigenvalue weighted by molar-refractivity contribution is 8.00. The molecule has 1 saturated heterocycles. The number of halogens is 1. The zero-order valence-corrected chi connectivity index (χ0v) is 18.6. The smallest absolute Gasteiger partial charge is 0.273 e. The molecule has 9 nitrogen and oxygen atoms in total. The second-order valence-electron chi connectivity index (χ2n) is 7.08. The number of hydrogen-bond acceptors (Lipinski definition) is 9. The van der Waals surface area contributed by atoms with Crippen LogP contribution in [0.1, 0.15) is 24.8 Å². The maximum absolute atomic E-state index is 13.0. The van der Waals surface area contributed by atoms with Gasteiger partial charge in [0.05, 0.1) is 17.5 Å². The Labute approximate surface area is 186 Å². The molecule has 3 heterocycles. The van der Waals surface area contributed by atoms with Crippen molar-refractivity contribution in [3.8, 4) is 0 Å². The molecule has 2 aliphatic rings. The second kappa shape index (κ2) is 9.01. The normalized spacial score (nSPS) is 20.5. The van der Waals surface area contributed by atoms with Crippen LogP contribution in [0.3, 0.4) is 0 Å². The van der Waals surface area contributed by atoms with Gasteiger partial charge in [0, 0.05) is 18.6 Å². The van der Waals surface area contributed by atoms with Crippen LogP contribution in [-0.4, -0.2) is 58.7 Å². The molecule has 1 fully saturated rings. The number of amides is 2. The van der Waals surface area contributed by atoms with Crippen molar-refractivity contribution in [2.75, 3.05) is 16.8 Å². The van der Waals surface area contributed by atoms with Crippen molar-refractivity contribution in [3.63, 3.8) is 0 Å². The van der Waals surface area contributed by atoms with Crippen molar-refractivity contribution in [1.29, 1.82) is 0 Å². The highest BCUT2D eigenvalue weighted by Gasteiger charge is 2.37. The third kappa shape index (κ3) is 5.46. The number of sulfone groups is 1. The number of benzene rings is 1. The van der Waals surface area contributed by atoms with Crippen LogP contribution >= 0.6 is 23.1 Å². The number of thioether (sulfide) groups is 1. The highest BCUT2D eigenvalue weighted by atomic mass is 32.2. The first kappa shape index (κ1) is 21.8. The average Bonchev–Trinajstić information content (AvgIpc) is 3.33. The van der Waals surface area contributed by atoms with Gasteiger partial charge < -0.3 is 0 Å². The van der Waals surface area contributed by atoms with Crippen LogP contribution in [0, 0.1) is 5.82 Å². The van der Waals surface area contributed by atoms with E-state index in [1.165, 1.54) is 35.2 Å². The zero-order valence-electron chi connectivity index (χ0n) is 16.2. The molecule has 164 valence electrons. The highest BCUT2D eigenvalue weighted by Crippen LogP contribution is 2.29. The molecule has 0 saturated carbocycles. The second-order valence-corrected chi connectivity index (χ2v) is 11.5. The monoisotopic (exact) mass is 483 g/mol. The van der Waals surface area contributed by atoms with Crippen molar-refractivity contribution >= 4 is 55.6 Å². The Morgan fingerprint density at radius 3 is 2.74 bits per heavy atom. The van der Waals surface area contributed by atoms with E-state index in [2.05, 4.69) is 20.6 Å². The minimum atomic E-state index is -3.18. The van der Waals surface area contributed by atoms with Gasteiger partial charge in [-0.2, -0.15) is 5.10 Å². The number of hydrogen-bond donors (Lipinski definition) is 1. The number of nitrogens with zero attached hydrogens (tertiary/aromatic N) is 4. The fourth-order valence-electron chi connectivity index (χ4n) is 3.20. The van der Waals surface area contributed by atoms with Gasteiger partial charge in [0.2, 0.25) is 11.0 Å². The number of carbonyl (C=O) groups is 2. The van der Waals surface area contributed by atoms with Crippen molar-refractivity contribution < 1.29 is 22.4 Å². The molecule has 0 aliphatic carbocycles. The molecule has 0 spiro atoms. The Balaban J connectivity index is 1.37. The van der Waals surface area contributed by atoms with Crippen molar-refractivity contribution in [3.05, 3.63) is 35.6 Å². The first-order valence-electron chi connectivity index (χ1n) is 9.41. The third-order valence-electron chi connectivity index (χ3n) is 4.78. The summed E-state index contributed by atoms with van der Waals surface area (Å²) < 4.78 is 37.0. The van der Waals surface area contributed by atoms with Crippen LogP contribution in [-0.2, 0) is 25.2 Å². The molecule has 4 rings (SSSR count). The summed E-state index contributed by atoms with van der Waals surface area (Å²) in [6.07, 6.45) is 0.584. The fourth-order valence-corrected chi connectivity index (χ4v) is 6.60. The van der Waals surface area contributed by atoms with Gasteiger partial charge in [-0.25, -0.2) is 17.8 Å². The lowest BCUT2D eigenvalue weighted by molar-refractivity contribution is -0.133. The maximum Gasteiger partial charge on any atom is 0.273 e. The topological polar surface area (TPSA) is 122 Å². The summed E-state index contributed by atoms with van der Waals surface area (Å²) in [6, 6.07) is 5.63. The number of nitrogens with one attached hydrogen (secondary N) is 1. The molecule has 1 aromatic carbocycles. The average molecular weight is 484 g/mol. The predicted octanol–water partition coefficient (Wildman–Crippen LogP) is 2.07. The summed E-state index contributed by atoms with van der Waals surface area (Å²) in [5, 5.41) is 16.2. The molecule has 1 aromatic heterocycles. The molecule has 1 atom stereocenters. The third-order valence-corrected chi connectivity index (χ3v) is 8.57. The minimum Gasteiger partial charge on any atom is -0.295 e. The summed E-state index contributed by atoms with van der Waals surface area (Å²) in [5.41, 5.74) is 1.09. The van der Waals surface area contributed by atoms with Crippen molar-refractivity contribution in [1.82, 2.24) is 15.2 Å². The molecule has 31 heavy (non-hydrogen) atoms. The number of carbonyl (C=O) groups excluding carboxylic acids is 2. The number of anilines is 1. The van der Waals surface area contributed by atoms with Crippen LogP contribution in [0.5, 0.6) is 0 Å². The van der Waals surface area contributed by atoms with E-state index >= 15 is 0 Å².